The number of hydrogen-bond acceptors (Lipinski definition) is 6. The van der Waals surface area contributed by atoms with E-state index in [2.05, 4.69) is 15.3 Å². The summed E-state index contributed by atoms with van der Waals surface area (Å²) in [5.74, 6) is 0.923. The first-order valence-electron chi connectivity index (χ1n) is 5.71. The molecule has 1 aliphatic rings. The molecule has 0 amide bonds. The van der Waals surface area contributed by atoms with Crippen LogP contribution in [-0.2, 0) is 4.74 Å². The van der Waals surface area contributed by atoms with Gasteiger partial charge in [-0.2, -0.15) is 4.98 Å². The highest BCUT2D eigenvalue weighted by atomic mass is 16.5. The molecule has 4 N–H and O–H groups in total. The Hall–Kier alpha value is -1.40. The van der Waals surface area contributed by atoms with Gasteiger partial charge in [-0.25, -0.2) is 4.98 Å². The van der Waals surface area contributed by atoms with Gasteiger partial charge in [-0.15, -0.1) is 0 Å². The lowest BCUT2D eigenvalue weighted by Crippen LogP contribution is -2.47. The number of nitrogens with zero attached hydrogens (tertiary/aromatic N) is 2. The number of rotatable bonds is 3. The van der Waals surface area contributed by atoms with Crippen molar-refractivity contribution in [3.63, 3.8) is 0 Å². The summed E-state index contributed by atoms with van der Waals surface area (Å²) < 4.78 is 5.31. The fourth-order valence-corrected chi connectivity index (χ4v) is 1.92. The normalized spacial score (nSPS) is 18.9. The molecule has 0 aliphatic carbocycles. The molecule has 0 atom stereocenters. The second-order valence-electron chi connectivity index (χ2n) is 4.44. The van der Waals surface area contributed by atoms with Crippen LogP contribution >= 0.6 is 0 Å². The highest BCUT2D eigenvalue weighted by molar-refractivity contribution is 5.47. The summed E-state index contributed by atoms with van der Waals surface area (Å²) in [6.07, 6.45) is 3.19. The molecule has 6 nitrogen and oxygen atoms in total. The second-order valence-corrected chi connectivity index (χ2v) is 4.44. The minimum absolute atomic E-state index is 0.0553. The van der Waals surface area contributed by atoms with Crippen molar-refractivity contribution in [1.29, 1.82) is 0 Å². The quantitative estimate of drug-likeness (QED) is 0.702. The van der Waals surface area contributed by atoms with Crippen LogP contribution in [0.3, 0.4) is 0 Å². The Morgan fingerprint density at radius 3 is 2.88 bits per heavy atom. The van der Waals surface area contributed by atoms with Crippen molar-refractivity contribution in [3.05, 3.63) is 11.8 Å². The summed E-state index contributed by atoms with van der Waals surface area (Å²) >= 11 is 0. The van der Waals surface area contributed by atoms with Crippen LogP contribution < -0.4 is 11.1 Å². The molecular formula is C11H18N4O2. The number of nitrogens with two attached hydrogens (primary N) is 1. The van der Waals surface area contributed by atoms with Gasteiger partial charge in [-0.1, -0.05) is 0 Å². The third kappa shape index (κ3) is 2.65. The van der Waals surface area contributed by atoms with Gasteiger partial charge in [0.15, 0.2) is 0 Å². The molecule has 1 saturated heterocycles. The molecule has 6 heteroatoms. The minimum atomic E-state index is -0.357. The van der Waals surface area contributed by atoms with Crippen molar-refractivity contribution >= 4 is 11.8 Å². The lowest BCUT2D eigenvalue weighted by molar-refractivity contribution is 0.0378. The third-order valence-electron chi connectivity index (χ3n) is 3.13. The zero-order chi connectivity index (χ0) is 12.3. The maximum Gasteiger partial charge on any atom is 0.221 e. The SMILES string of the molecule is Cc1cnc(N)nc1NC1(CO)CCOCC1. The van der Waals surface area contributed by atoms with Gasteiger partial charge in [-0.3, -0.25) is 0 Å². The molecule has 0 radical (unpaired) electrons. The second kappa shape index (κ2) is 4.85. The van der Waals surface area contributed by atoms with Crippen molar-refractivity contribution < 1.29 is 9.84 Å². The smallest absolute Gasteiger partial charge is 0.221 e. The highest BCUT2D eigenvalue weighted by Gasteiger charge is 2.32. The molecule has 0 aromatic carbocycles. The number of hydrogen-bond donors (Lipinski definition) is 3. The van der Waals surface area contributed by atoms with Crippen molar-refractivity contribution in [2.75, 3.05) is 30.9 Å². The number of aromatic nitrogens is 2. The van der Waals surface area contributed by atoms with Gasteiger partial charge in [-0.05, 0) is 19.8 Å². The van der Waals surface area contributed by atoms with Gasteiger partial charge in [0.25, 0.3) is 0 Å². The first kappa shape index (κ1) is 12.1. The lowest BCUT2D eigenvalue weighted by atomic mass is 9.91. The summed E-state index contributed by atoms with van der Waals surface area (Å²) in [7, 11) is 0. The van der Waals surface area contributed by atoms with Crippen LogP contribution in [0.5, 0.6) is 0 Å². The number of aliphatic hydroxyl groups excluding tert-OH is 1. The van der Waals surface area contributed by atoms with Gasteiger partial charge in [0.1, 0.15) is 5.82 Å². The van der Waals surface area contributed by atoms with E-state index in [0.717, 1.165) is 18.4 Å². The number of ether oxygens (including phenoxy) is 1. The average molecular weight is 238 g/mol. The summed E-state index contributed by atoms with van der Waals surface area (Å²) in [5.41, 5.74) is 6.13. The topological polar surface area (TPSA) is 93.3 Å². The number of nitrogen functional groups attached to an aromatic ring is 1. The van der Waals surface area contributed by atoms with Gasteiger partial charge in [0.2, 0.25) is 5.95 Å². The summed E-state index contributed by atoms with van der Waals surface area (Å²) in [5, 5.41) is 12.9. The average Bonchev–Trinajstić information content (AvgIpc) is 2.35. The molecule has 1 aromatic rings. The summed E-state index contributed by atoms with van der Waals surface area (Å²) in [6, 6.07) is 0. The van der Waals surface area contributed by atoms with Crippen LogP contribution in [0, 0.1) is 6.92 Å². The zero-order valence-electron chi connectivity index (χ0n) is 9.94. The van der Waals surface area contributed by atoms with Gasteiger partial charge in [0.05, 0.1) is 12.1 Å². The predicted molar refractivity (Wildman–Crippen MR) is 64.7 cm³/mol. The van der Waals surface area contributed by atoms with E-state index in [1.807, 2.05) is 6.92 Å². The fourth-order valence-electron chi connectivity index (χ4n) is 1.92. The van der Waals surface area contributed by atoms with Crippen LogP contribution in [0.2, 0.25) is 0 Å². The zero-order valence-corrected chi connectivity index (χ0v) is 9.94. The van der Waals surface area contributed by atoms with E-state index in [-0.39, 0.29) is 18.1 Å². The number of anilines is 2. The molecule has 17 heavy (non-hydrogen) atoms. The molecule has 0 unspecified atom stereocenters. The Morgan fingerprint density at radius 1 is 1.53 bits per heavy atom. The maximum atomic E-state index is 9.57. The Balaban J connectivity index is 2.20. The molecule has 0 saturated carbocycles. The standard InChI is InChI=1S/C11H18N4O2/c1-8-6-13-10(12)14-9(8)15-11(7-16)2-4-17-5-3-11/h6,16H,2-5,7H2,1H3,(H3,12,13,14,15). The lowest BCUT2D eigenvalue weighted by Gasteiger charge is -2.37. The Bertz CT molecular complexity index is 391. The van der Waals surface area contributed by atoms with Crippen LogP contribution in [-0.4, -0.2) is 40.4 Å². The fraction of sp³-hybridized carbons (Fsp3) is 0.636. The molecule has 0 spiro atoms. The molecular weight excluding hydrogens is 220 g/mol. The third-order valence-corrected chi connectivity index (χ3v) is 3.13. The van der Waals surface area contributed by atoms with Crippen molar-refractivity contribution in [2.45, 2.75) is 25.3 Å². The first-order chi connectivity index (χ1) is 8.15. The van der Waals surface area contributed by atoms with Crippen LogP contribution in [0.25, 0.3) is 0 Å². The van der Waals surface area contributed by atoms with Crippen LogP contribution in [0.1, 0.15) is 18.4 Å². The van der Waals surface area contributed by atoms with E-state index in [1.165, 1.54) is 0 Å². The van der Waals surface area contributed by atoms with Gasteiger partial charge < -0.3 is 20.9 Å². The van der Waals surface area contributed by atoms with Crippen molar-refractivity contribution in [2.24, 2.45) is 0 Å². The minimum Gasteiger partial charge on any atom is -0.394 e. The van der Waals surface area contributed by atoms with E-state index >= 15 is 0 Å². The molecule has 0 bridgehead atoms. The van der Waals surface area contributed by atoms with E-state index in [9.17, 15) is 5.11 Å². The van der Waals surface area contributed by atoms with Gasteiger partial charge in [0, 0.05) is 25.0 Å². The molecule has 2 rings (SSSR count). The van der Waals surface area contributed by atoms with Crippen molar-refractivity contribution in [1.82, 2.24) is 9.97 Å². The molecule has 1 aromatic heterocycles. The number of nitrogens with one attached hydrogen (secondary N) is 1. The molecule has 1 fully saturated rings. The van der Waals surface area contributed by atoms with E-state index < -0.39 is 0 Å². The van der Waals surface area contributed by atoms with E-state index in [4.69, 9.17) is 10.5 Å². The largest absolute Gasteiger partial charge is 0.394 e. The Morgan fingerprint density at radius 2 is 2.24 bits per heavy atom. The monoisotopic (exact) mass is 238 g/mol. The van der Waals surface area contributed by atoms with Crippen molar-refractivity contribution in [3.8, 4) is 0 Å². The number of aliphatic hydroxyl groups is 1. The summed E-state index contributed by atoms with van der Waals surface area (Å²) in [4.78, 5) is 8.08. The molecule has 2 heterocycles. The summed E-state index contributed by atoms with van der Waals surface area (Å²) in [6.45, 7) is 3.26. The van der Waals surface area contributed by atoms with Gasteiger partial charge >= 0.3 is 0 Å². The first-order valence-corrected chi connectivity index (χ1v) is 5.71. The molecule has 94 valence electrons. The predicted octanol–water partition coefficient (Wildman–Crippen LogP) is 0.321. The van der Waals surface area contributed by atoms with E-state index in [1.54, 1.807) is 6.20 Å². The number of aryl methyl sites for hydroxylation is 1. The Labute approximate surface area is 100 Å². The van der Waals surface area contributed by atoms with Crippen LogP contribution in [0.15, 0.2) is 6.20 Å². The maximum absolute atomic E-state index is 9.57. The van der Waals surface area contributed by atoms with Crippen LogP contribution in [0.4, 0.5) is 11.8 Å². The highest BCUT2D eigenvalue weighted by Crippen LogP contribution is 2.26. The Kier molecular flexibility index (Phi) is 3.44. The molecule has 1 aliphatic heterocycles. The van der Waals surface area contributed by atoms with E-state index in [0.29, 0.717) is 19.0 Å².